The SMILES string of the molecule is Cc1cc(C(=O)NCCCOC(C)C)sc1C. The second-order valence-electron chi connectivity index (χ2n) is 4.38. The fourth-order valence-corrected chi connectivity index (χ4v) is 2.32. The fourth-order valence-electron chi connectivity index (χ4n) is 1.37. The zero-order chi connectivity index (χ0) is 12.8. The summed E-state index contributed by atoms with van der Waals surface area (Å²) in [6.45, 7) is 9.44. The van der Waals surface area contributed by atoms with Crippen LogP contribution in [0.3, 0.4) is 0 Å². The number of hydrogen-bond acceptors (Lipinski definition) is 3. The van der Waals surface area contributed by atoms with Crippen LogP contribution in [-0.2, 0) is 4.74 Å². The molecule has 0 saturated heterocycles. The summed E-state index contributed by atoms with van der Waals surface area (Å²) in [6.07, 6.45) is 1.11. The van der Waals surface area contributed by atoms with Crippen LogP contribution in [0.15, 0.2) is 6.07 Å². The van der Waals surface area contributed by atoms with E-state index in [0.717, 1.165) is 11.3 Å². The number of ether oxygens (including phenoxy) is 1. The summed E-state index contributed by atoms with van der Waals surface area (Å²) in [5, 5.41) is 2.90. The number of nitrogens with one attached hydrogen (secondary N) is 1. The van der Waals surface area contributed by atoms with E-state index in [1.807, 2.05) is 33.8 Å². The Kier molecular flexibility index (Phi) is 5.65. The lowest BCUT2D eigenvalue weighted by atomic mass is 10.3. The second-order valence-corrected chi connectivity index (χ2v) is 5.64. The molecule has 0 aliphatic carbocycles. The Hall–Kier alpha value is -0.870. The van der Waals surface area contributed by atoms with Crippen molar-refractivity contribution in [2.75, 3.05) is 13.2 Å². The van der Waals surface area contributed by atoms with Gasteiger partial charge in [-0.15, -0.1) is 11.3 Å². The Morgan fingerprint density at radius 3 is 2.71 bits per heavy atom. The molecule has 96 valence electrons. The van der Waals surface area contributed by atoms with Crippen molar-refractivity contribution in [1.29, 1.82) is 0 Å². The van der Waals surface area contributed by atoms with Crippen molar-refractivity contribution in [3.63, 3.8) is 0 Å². The summed E-state index contributed by atoms with van der Waals surface area (Å²) in [5.41, 5.74) is 1.18. The molecule has 1 amide bonds. The average molecular weight is 255 g/mol. The lowest BCUT2D eigenvalue weighted by molar-refractivity contribution is 0.0757. The van der Waals surface area contributed by atoms with Crippen LogP contribution in [-0.4, -0.2) is 25.2 Å². The molecule has 0 spiro atoms. The fraction of sp³-hybridized carbons (Fsp3) is 0.615. The molecule has 1 aromatic heterocycles. The number of carbonyl (C=O) groups excluding carboxylic acids is 1. The van der Waals surface area contributed by atoms with Gasteiger partial charge in [0.05, 0.1) is 11.0 Å². The highest BCUT2D eigenvalue weighted by atomic mass is 32.1. The molecule has 0 atom stereocenters. The molecule has 0 saturated carbocycles. The monoisotopic (exact) mass is 255 g/mol. The molecule has 0 radical (unpaired) electrons. The van der Waals surface area contributed by atoms with Crippen LogP contribution < -0.4 is 5.32 Å². The minimum atomic E-state index is 0.0238. The Bertz CT molecular complexity index is 352. The van der Waals surface area contributed by atoms with Gasteiger partial charge in [0.15, 0.2) is 0 Å². The van der Waals surface area contributed by atoms with Crippen LogP contribution in [0.1, 0.15) is 40.4 Å². The molecule has 1 N–H and O–H groups in total. The van der Waals surface area contributed by atoms with Gasteiger partial charge in [-0.05, 0) is 45.7 Å². The topological polar surface area (TPSA) is 38.3 Å². The highest BCUT2D eigenvalue weighted by molar-refractivity contribution is 7.14. The normalized spacial score (nSPS) is 10.9. The minimum absolute atomic E-state index is 0.0238. The quantitative estimate of drug-likeness (QED) is 0.794. The van der Waals surface area contributed by atoms with Crippen LogP contribution in [0.4, 0.5) is 0 Å². The van der Waals surface area contributed by atoms with Crippen molar-refractivity contribution >= 4 is 17.2 Å². The zero-order valence-corrected chi connectivity index (χ0v) is 11.8. The molecule has 1 rings (SSSR count). The summed E-state index contributed by atoms with van der Waals surface area (Å²) in [7, 11) is 0. The van der Waals surface area contributed by atoms with E-state index in [9.17, 15) is 4.79 Å². The van der Waals surface area contributed by atoms with Crippen molar-refractivity contribution in [3.8, 4) is 0 Å². The van der Waals surface area contributed by atoms with Gasteiger partial charge in [-0.1, -0.05) is 0 Å². The van der Waals surface area contributed by atoms with Crippen LogP contribution in [0.25, 0.3) is 0 Å². The molecular weight excluding hydrogens is 234 g/mol. The molecule has 0 aliphatic rings. The van der Waals surface area contributed by atoms with Crippen molar-refractivity contribution in [2.24, 2.45) is 0 Å². The number of amides is 1. The molecule has 3 nitrogen and oxygen atoms in total. The van der Waals surface area contributed by atoms with Gasteiger partial charge in [0, 0.05) is 18.0 Å². The lowest BCUT2D eigenvalue weighted by Gasteiger charge is -2.07. The minimum Gasteiger partial charge on any atom is -0.379 e. The maximum Gasteiger partial charge on any atom is 0.261 e. The summed E-state index contributed by atoms with van der Waals surface area (Å²) in [6, 6.07) is 1.94. The summed E-state index contributed by atoms with van der Waals surface area (Å²) in [4.78, 5) is 13.8. The Labute approximate surface area is 107 Å². The van der Waals surface area contributed by atoms with Gasteiger partial charge in [0.2, 0.25) is 0 Å². The largest absolute Gasteiger partial charge is 0.379 e. The first-order chi connectivity index (χ1) is 8.00. The average Bonchev–Trinajstić information content (AvgIpc) is 2.58. The van der Waals surface area contributed by atoms with E-state index < -0.39 is 0 Å². The smallest absolute Gasteiger partial charge is 0.261 e. The van der Waals surface area contributed by atoms with Gasteiger partial charge in [0.25, 0.3) is 5.91 Å². The third-order valence-corrected chi connectivity index (χ3v) is 3.60. The number of carbonyl (C=O) groups is 1. The number of thiophene rings is 1. The van der Waals surface area contributed by atoms with Gasteiger partial charge >= 0.3 is 0 Å². The first kappa shape index (κ1) is 14.2. The van der Waals surface area contributed by atoms with E-state index in [1.165, 1.54) is 10.4 Å². The van der Waals surface area contributed by atoms with E-state index in [0.29, 0.717) is 13.2 Å². The van der Waals surface area contributed by atoms with E-state index in [4.69, 9.17) is 4.74 Å². The highest BCUT2D eigenvalue weighted by Crippen LogP contribution is 2.20. The molecule has 0 aromatic carbocycles. The van der Waals surface area contributed by atoms with Gasteiger partial charge < -0.3 is 10.1 Å². The summed E-state index contributed by atoms with van der Waals surface area (Å²) < 4.78 is 5.40. The van der Waals surface area contributed by atoms with Crippen LogP contribution in [0.2, 0.25) is 0 Å². The first-order valence-corrected chi connectivity index (χ1v) is 6.79. The van der Waals surface area contributed by atoms with Crippen LogP contribution >= 0.6 is 11.3 Å². The molecule has 0 unspecified atom stereocenters. The van der Waals surface area contributed by atoms with Gasteiger partial charge in [0.1, 0.15) is 0 Å². The standard InChI is InChI=1S/C13H21NO2S/c1-9(2)16-7-5-6-14-13(15)12-8-10(3)11(4)17-12/h8-9H,5-7H2,1-4H3,(H,14,15). The van der Waals surface area contributed by atoms with Crippen molar-refractivity contribution < 1.29 is 9.53 Å². The van der Waals surface area contributed by atoms with Crippen molar-refractivity contribution in [1.82, 2.24) is 5.32 Å². The zero-order valence-electron chi connectivity index (χ0n) is 11.0. The Morgan fingerprint density at radius 1 is 1.47 bits per heavy atom. The molecule has 1 heterocycles. The van der Waals surface area contributed by atoms with Crippen molar-refractivity contribution in [3.05, 3.63) is 21.4 Å². The maximum absolute atomic E-state index is 11.8. The van der Waals surface area contributed by atoms with E-state index >= 15 is 0 Å². The third-order valence-electron chi connectivity index (χ3n) is 2.45. The van der Waals surface area contributed by atoms with Gasteiger partial charge in [-0.3, -0.25) is 4.79 Å². The first-order valence-electron chi connectivity index (χ1n) is 5.97. The molecule has 4 heteroatoms. The van der Waals surface area contributed by atoms with Gasteiger partial charge in [-0.25, -0.2) is 0 Å². The number of aryl methyl sites for hydroxylation is 2. The highest BCUT2D eigenvalue weighted by Gasteiger charge is 2.09. The Balaban J connectivity index is 2.26. The molecule has 17 heavy (non-hydrogen) atoms. The molecular formula is C13H21NO2S. The van der Waals surface area contributed by atoms with E-state index in [-0.39, 0.29) is 12.0 Å². The third kappa shape index (κ3) is 4.88. The Morgan fingerprint density at radius 2 is 2.18 bits per heavy atom. The molecule has 0 bridgehead atoms. The summed E-state index contributed by atoms with van der Waals surface area (Å²) >= 11 is 1.55. The van der Waals surface area contributed by atoms with E-state index in [2.05, 4.69) is 5.32 Å². The molecule has 0 aliphatic heterocycles. The molecule has 1 aromatic rings. The van der Waals surface area contributed by atoms with E-state index in [1.54, 1.807) is 11.3 Å². The predicted molar refractivity (Wildman–Crippen MR) is 71.8 cm³/mol. The lowest BCUT2D eigenvalue weighted by Crippen LogP contribution is -2.24. The van der Waals surface area contributed by atoms with Crippen LogP contribution in [0.5, 0.6) is 0 Å². The second kappa shape index (κ2) is 6.77. The van der Waals surface area contributed by atoms with Crippen molar-refractivity contribution in [2.45, 2.75) is 40.2 Å². The maximum atomic E-state index is 11.8. The number of rotatable bonds is 6. The number of hydrogen-bond donors (Lipinski definition) is 1. The van der Waals surface area contributed by atoms with Gasteiger partial charge in [-0.2, -0.15) is 0 Å². The summed E-state index contributed by atoms with van der Waals surface area (Å²) in [5.74, 6) is 0.0238. The predicted octanol–water partition coefficient (Wildman–Crippen LogP) is 2.91. The van der Waals surface area contributed by atoms with Crippen LogP contribution in [0, 0.1) is 13.8 Å². The molecule has 0 fully saturated rings.